The summed E-state index contributed by atoms with van der Waals surface area (Å²) in [7, 11) is 0. The van der Waals surface area contributed by atoms with E-state index in [0.29, 0.717) is 23.9 Å². The molecule has 0 saturated heterocycles. The van der Waals surface area contributed by atoms with E-state index in [9.17, 15) is 4.79 Å². The normalized spacial score (nSPS) is 12.0. The molecule has 0 aliphatic carbocycles. The molecule has 7 nitrogen and oxygen atoms in total. The Balaban J connectivity index is 1.26. The van der Waals surface area contributed by atoms with Crippen molar-refractivity contribution in [2.45, 2.75) is 13.0 Å². The second-order valence-corrected chi connectivity index (χ2v) is 7.53. The minimum Gasteiger partial charge on any atom is -0.384 e. The molecule has 0 radical (unpaired) electrons. The zero-order valence-corrected chi connectivity index (χ0v) is 17.4. The van der Waals surface area contributed by atoms with Crippen molar-refractivity contribution in [3.63, 3.8) is 0 Å². The van der Waals surface area contributed by atoms with Crippen molar-refractivity contribution in [2.24, 2.45) is 0 Å². The van der Waals surface area contributed by atoms with Crippen LogP contribution in [0.2, 0.25) is 0 Å². The van der Waals surface area contributed by atoms with Crippen LogP contribution < -0.4 is 16.0 Å². The maximum Gasteiger partial charge on any atom is 0.229 e. The lowest BCUT2D eigenvalue weighted by molar-refractivity contribution is 0.103. The number of nitrogens with zero attached hydrogens (tertiary/aromatic N) is 3. The molecule has 0 fully saturated rings. The summed E-state index contributed by atoms with van der Waals surface area (Å²) >= 11 is 0. The lowest BCUT2D eigenvalue weighted by Gasteiger charge is -2.10. The van der Waals surface area contributed by atoms with E-state index in [-0.39, 0.29) is 5.78 Å². The Bertz CT molecular complexity index is 1240. The Morgan fingerprint density at radius 1 is 1.00 bits per heavy atom. The molecule has 0 saturated carbocycles. The van der Waals surface area contributed by atoms with Crippen LogP contribution in [0.25, 0.3) is 0 Å². The number of hydrogen-bond donors (Lipinski definition) is 3. The summed E-state index contributed by atoms with van der Waals surface area (Å²) in [6.45, 7) is 1.50. The molecular weight excluding hydrogens is 400 g/mol. The molecule has 2 aromatic carbocycles. The van der Waals surface area contributed by atoms with Gasteiger partial charge in [-0.05, 0) is 60.0 Å². The minimum absolute atomic E-state index is 0.0145. The van der Waals surface area contributed by atoms with E-state index in [2.05, 4.69) is 37.0 Å². The summed E-state index contributed by atoms with van der Waals surface area (Å²) in [6.07, 6.45) is 6.21. The molecule has 1 aliphatic rings. The number of hydrogen-bond acceptors (Lipinski definition) is 7. The SMILES string of the molecule is O=C(c1ccc(Nc2nccc(NCc3cccnc3)n2)cc1)c1cccc2c1NCC2. The highest BCUT2D eigenvalue weighted by Gasteiger charge is 2.19. The number of carbonyl (C=O) groups excluding carboxylic acids is 1. The zero-order chi connectivity index (χ0) is 21.8. The molecule has 0 spiro atoms. The van der Waals surface area contributed by atoms with Gasteiger partial charge in [-0.1, -0.05) is 18.2 Å². The van der Waals surface area contributed by atoms with Crippen LogP contribution in [0, 0.1) is 0 Å². The van der Waals surface area contributed by atoms with Crippen LogP contribution in [0.5, 0.6) is 0 Å². The quantitative estimate of drug-likeness (QED) is 0.380. The van der Waals surface area contributed by atoms with Crippen LogP contribution in [-0.4, -0.2) is 27.3 Å². The lowest BCUT2D eigenvalue weighted by Crippen LogP contribution is -2.06. The molecule has 0 unspecified atom stereocenters. The highest BCUT2D eigenvalue weighted by molar-refractivity contribution is 6.13. The largest absolute Gasteiger partial charge is 0.384 e. The average Bonchev–Trinajstić information content (AvgIpc) is 3.33. The summed E-state index contributed by atoms with van der Waals surface area (Å²) in [5.74, 6) is 1.20. The summed E-state index contributed by atoms with van der Waals surface area (Å²) in [5.41, 5.74) is 5.40. The van der Waals surface area contributed by atoms with Gasteiger partial charge in [0.05, 0.1) is 0 Å². The van der Waals surface area contributed by atoms with Gasteiger partial charge in [0.25, 0.3) is 0 Å². The molecule has 5 rings (SSSR count). The number of nitrogens with one attached hydrogen (secondary N) is 3. The monoisotopic (exact) mass is 422 g/mol. The fraction of sp³-hybridized carbons (Fsp3) is 0.120. The summed E-state index contributed by atoms with van der Waals surface area (Å²) in [6, 6.07) is 19.0. The Hall–Kier alpha value is -4.26. The minimum atomic E-state index is 0.0145. The van der Waals surface area contributed by atoms with Crippen molar-refractivity contribution in [3.8, 4) is 0 Å². The van der Waals surface area contributed by atoms with Crippen molar-refractivity contribution in [2.75, 3.05) is 22.5 Å². The fourth-order valence-corrected chi connectivity index (χ4v) is 3.73. The fourth-order valence-electron chi connectivity index (χ4n) is 3.73. The third-order valence-electron chi connectivity index (χ3n) is 5.35. The Morgan fingerprint density at radius 3 is 2.75 bits per heavy atom. The van der Waals surface area contributed by atoms with Gasteiger partial charge in [0.15, 0.2) is 5.78 Å². The van der Waals surface area contributed by atoms with Gasteiger partial charge in [0.1, 0.15) is 5.82 Å². The molecule has 7 heteroatoms. The first-order valence-electron chi connectivity index (χ1n) is 10.5. The van der Waals surface area contributed by atoms with Gasteiger partial charge in [0.2, 0.25) is 5.95 Å². The van der Waals surface area contributed by atoms with Crippen molar-refractivity contribution in [1.29, 1.82) is 0 Å². The van der Waals surface area contributed by atoms with E-state index in [1.807, 2.05) is 60.8 Å². The standard InChI is InChI=1S/C25H22N6O/c32-24(21-5-1-4-18-10-13-27-23(18)21)19-6-8-20(9-7-19)30-25-28-14-11-22(31-25)29-16-17-3-2-12-26-15-17/h1-9,11-12,14-15,27H,10,13,16H2,(H2,28,29,30,31). The van der Waals surface area contributed by atoms with Crippen molar-refractivity contribution >= 4 is 28.9 Å². The number of ketones is 1. The van der Waals surface area contributed by atoms with Gasteiger partial charge in [-0.25, -0.2) is 4.98 Å². The molecule has 158 valence electrons. The number of anilines is 4. The maximum absolute atomic E-state index is 13.0. The van der Waals surface area contributed by atoms with Crippen LogP contribution in [0.4, 0.5) is 23.1 Å². The molecular formula is C25H22N6O. The van der Waals surface area contributed by atoms with Gasteiger partial charge in [-0.3, -0.25) is 9.78 Å². The van der Waals surface area contributed by atoms with Crippen molar-refractivity contribution in [1.82, 2.24) is 15.0 Å². The summed E-state index contributed by atoms with van der Waals surface area (Å²) < 4.78 is 0. The second-order valence-electron chi connectivity index (χ2n) is 7.53. The van der Waals surface area contributed by atoms with E-state index in [1.165, 1.54) is 5.56 Å². The Kier molecular flexibility index (Phi) is 5.45. The first-order chi connectivity index (χ1) is 15.8. The van der Waals surface area contributed by atoms with E-state index >= 15 is 0 Å². The van der Waals surface area contributed by atoms with Crippen LogP contribution in [-0.2, 0) is 13.0 Å². The summed E-state index contributed by atoms with van der Waals surface area (Å²) in [4.78, 5) is 25.9. The zero-order valence-electron chi connectivity index (χ0n) is 17.4. The second kappa shape index (κ2) is 8.85. The Morgan fingerprint density at radius 2 is 1.91 bits per heavy atom. The van der Waals surface area contributed by atoms with Gasteiger partial charge in [0, 0.05) is 54.2 Å². The summed E-state index contributed by atoms with van der Waals surface area (Å²) in [5, 5.41) is 9.79. The molecule has 0 amide bonds. The lowest BCUT2D eigenvalue weighted by atomic mass is 9.99. The molecule has 3 N–H and O–H groups in total. The molecule has 4 aromatic rings. The number of para-hydroxylation sites is 1. The highest BCUT2D eigenvalue weighted by Crippen LogP contribution is 2.28. The molecule has 0 bridgehead atoms. The predicted molar refractivity (Wildman–Crippen MR) is 125 cm³/mol. The van der Waals surface area contributed by atoms with E-state index in [4.69, 9.17) is 0 Å². The van der Waals surface area contributed by atoms with E-state index < -0.39 is 0 Å². The highest BCUT2D eigenvalue weighted by atomic mass is 16.1. The van der Waals surface area contributed by atoms with E-state index in [1.54, 1.807) is 12.4 Å². The van der Waals surface area contributed by atoms with Crippen molar-refractivity contribution in [3.05, 3.63) is 102 Å². The van der Waals surface area contributed by atoms with Crippen LogP contribution in [0.15, 0.2) is 79.3 Å². The predicted octanol–water partition coefficient (Wildman–Crippen LogP) is 4.43. The molecule has 2 aromatic heterocycles. The number of rotatable bonds is 7. The van der Waals surface area contributed by atoms with Crippen LogP contribution >= 0.6 is 0 Å². The third kappa shape index (κ3) is 4.27. The molecule has 32 heavy (non-hydrogen) atoms. The molecule has 0 atom stereocenters. The topological polar surface area (TPSA) is 91.8 Å². The first-order valence-corrected chi connectivity index (χ1v) is 10.5. The smallest absolute Gasteiger partial charge is 0.229 e. The van der Waals surface area contributed by atoms with Gasteiger partial charge < -0.3 is 16.0 Å². The number of aromatic nitrogens is 3. The molecule has 1 aliphatic heterocycles. The number of benzene rings is 2. The first kappa shape index (κ1) is 19.7. The average molecular weight is 422 g/mol. The van der Waals surface area contributed by atoms with Gasteiger partial charge in [-0.2, -0.15) is 4.98 Å². The number of fused-ring (bicyclic) bond motifs is 1. The molecule has 3 heterocycles. The number of carbonyl (C=O) groups is 1. The van der Waals surface area contributed by atoms with Crippen LogP contribution in [0.3, 0.4) is 0 Å². The van der Waals surface area contributed by atoms with Gasteiger partial charge in [-0.15, -0.1) is 0 Å². The van der Waals surface area contributed by atoms with E-state index in [0.717, 1.165) is 35.5 Å². The maximum atomic E-state index is 13.0. The number of pyridine rings is 1. The van der Waals surface area contributed by atoms with Crippen LogP contribution in [0.1, 0.15) is 27.0 Å². The Labute approximate surface area is 186 Å². The van der Waals surface area contributed by atoms with Gasteiger partial charge >= 0.3 is 0 Å². The van der Waals surface area contributed by atoms with Crippen molar-refractivity contribution < 1.29 is 4.79 Å². The third-order valence-corrected chi connectivity index (χ3v) is 5.35.